The normalized spacial score (nSPS) is 13.4. The lowest BCUT2D eigenvalue weighted by molar-refractivity contribution is -0.166. The molecule has 73 heavy (non-hydrogen) atoms. The average molecular weight is 1000 g/mol. The van der Waals surface area contributed by atoms with Gasteiger partial charge in [-0.05, 0) is 141 Å². The van der Waals surface area contributed by atoms with Crippen LogP contribution in [0.1, 0.15) is 213 Å². The Labute approximate surface area is 447 Å². The molecule has 0 bridgehead atoms. The molecular weight excluding hydrogens is 901 g/mol. The second-order valence-corrected chi connectivity index (χ2v) is 18.1. The van der Waals surface area contributed by atoms with E-state index in [1.165, 1.54) is 25.7 Å². The zero-order valence-corrected chi connectivity index (χ0v) is 46.3. The summed E-state index contributed by atoms with van der Waals surface area (Å²) in [7, 11) is 0. The molecule has 0 aromatic rings. The minimum Gasteiger partial charge on any atom is -0.462 e. The zero-order chi connectivity index (χ0) is 52.9. The van der Waals surface area contributed by atoms with Gasteiger partial charge in [-0.3, -0.25) is 14.4 Å². The highest BCUT2D eigenvalue weighted by Gasteiger charge is 2.19. The van der Waals surface area contributed by atoms with Crippen molar-refractivity contribution < 1.29 is 28.6 Å². The lowest BCUT2D eigenvalue weighted by Crippen LogP contribution is -2.30. The van der Waals surface area contributed by atoms with Crippen LogP contribution >= 0.6 is 0 Å². The molecule has 0 aliphatic rings. The molecule has 6 heteroatoms. The molecule has 1 atom stereocenters. The maximum atomic E-state index is 12.8. The monoisotopic (exact) mass is 1000 g/mol. The van der Waals surface area contributed by atoms with E-state index in [1.807, 2.05) is 12.2 Å². The number of unbranched alkanes of at least 4 members (excludes halogenated alkanes) is 10. The molecule has 406 valence electrons. The standard InChI is InChI=1S/C67H102O6/c1-4-7-10-13-16-19-22-25-28-31-33-36-39-42-45-48-51-54-57-60-66(69)72-63-64(62-71-65(68)59-56-53-50-47-44-41-38-35-30-27-24-21-18-15-12-9-6-3)73-67(70)61-58-55-52-49-46-43-40-37-34-32-29-26-23-20-17-14-11-8-5-2/h7,9-10,12,16-21,25-30,33-34,36-38,41-43,45-46,52,55,64H,4-6,8,11,13-15,22-24,31-32,35,39-40,44,47-51,53-54,56-63H2,1-3H3/b10-7-,12-9-,19-16-,20-17-,21-18-,28-25-,29-26-,30-27-,36-33-,37-34-,41-38-,45-42-,46-43-,55-52-/t64-/m0/s1. The van der Waals surface area contributed by atoms with E-state index in [-0.39, 0.29) is 31.6 Å². The van der Waals surface area contributed by atoms with Gasteiger partial charge in [-0.2, -0.15) is 0 Å². The summed E-state index contributed by atoms with van der Waals surface area (Å²) in [6.45, 7) is 6.25. The van der Waals surface area contributed by atoms with Crippen LogP contribution in [-0.2, 0) is 28.6 Å². The summed E-state index contributed by atoms with van der Waals surface area (Å²) in [4.78, 5) is 38.2. The fourth-order valence-corrected chi connectivity index (χ4v) is 6.97. The van der Waals surface area contributed by atoms with Crippen LogP contribution in [0, 0.1) is 0 Å². The van der Waals surface area contributed by atoms with Crippen molar-refractivity contribution in [3.8, 4) is 0 Å². The van der Waals surface area contributed by atoms with Gasteiger partial charge in [-0.25, -0.2) is 0 Å². The van der Waals surface area contributed by atoms with E-state index in [0.29, 0.717) is 19.3 Å². The van der Waals surface area contributed by atoms with Gasteiger partial charge in [0, 0.05) is 19.3 Å². The third-order valence-corrected chi connectivity index (χ3v) is 11.2. The molecule has 0 spiro atoms. The summed E-state index contributed by atoms with van der Waals surface area (Å²) in [6.07, 6.45) is 87.8. The number of allylic oxidation sites excluding steroid dienone is 28. The van der Waals surface area contributed by atoms with E-state index < -0.39 is 12.1 Å². The largest absolute Gasteiger partial charge is 0.462 e. The number of hydrogen-bond donors (Lipinski definition) is 0. The first-order valence-corrected chi connectivity index (χ1v) is 28.6. The van der Waals surface area contributed by atoms with E-state index in [0.717, 1.165) is 141 Å². The van der Waals surface area contributed by atoms with Crippen molar-refractivity contribution in [2.45, 2.75) is 219 Å². The van der Waals surface area contributed by atoms with Crippen LogP contribution in [0.25, 0.3) is 0 Å². The maximum Gasteiger partial charge on any atom is 0.306 e. The Bertz CT molecular complexity index is 1720. The number of carbonyl (C=O) groups is 3. The first-order valence-electron chi connectivity index (χ1n) is 28.6. The molecule has 0 aromatic heterocycles. The zero-order valence-electron chi connectivity index (χ0n) is 46.3. The van der Waals surface area contributed by atoms with Gasteiger partial charge < -0.3 is 14.2 Å². The molecule has 0 fully saturated rings. The second kappa shape index (κ2) is 59.3. The number of hydrogen-bond acceptors (Lipinski definition) is 6. The summed E-state index contributed by atoms with van der Waals surface area (Å²) < 4.78 is 16.7. The average Bonchev–Trinajstić information content (AvgIpc) is 3.39. The van der Waals surface area contributed by atoms with Crippen LogP contribution in [0.3, 0.4) is 0 Å². The van der Waals surface area contributed by atoms with Crippen molar-refractivity contribution >= 4 is 17.9 Å². The topological polar surface area (TPSA) is 78.9 Å². The van der Waals surface area contributed by atoms with E-state index in [2.05, 4.69) is 179 Å². The fourth-order valence-electron chi connectivity index (χ4n) is 6.97. The first kappa shape index (κ1) is 67.8. The van der Waals surface area contributed by atoms with Gasteiger partial charge in [0.2, 0.25) is 0 Å². The van der Waals surface area contributed by atoms with Gasteiger partial charge in [0.25, 0.3) is 0 Å². The van der Waals surface area contributed by atoms with Crippen molar-refractivity contribution in [3.05, 3.63) is 170 Å². The van der Waals surface area contributed by atoms with Crippen LogP contribution in [0.15, 0.2) is 170 Å². The van der Waals surface area contributed by atoms with Gasteiger partial charge in [-0.1, -0.05) is 223 Å². The third-order valence-electron chi connectivity index (χ3n) is 11.2. The summed E-state index contributed by atoms with van der Waals surface area (Å²) in [6, 6.07) is 0. The summed E-state index contributed by atoms with van der Waals surface area (Å²) in [5.74, 6) is -1.09. The predicted octanol–water partition coefficient (Wildman–Crippen LogP) is 19.5. The number of esters is 3. The van der Waals surface area contributed by atoms with E-state index in [1.54, 1.807) is 0 Å². The van der Waals surface area contributed by atoms with Gasteiger partial charge in [0.1, 0.15) is 13.2 Å². The van der Waals surface area contributed by atoms with Crippen LogP contribution < -0.4 is 0 Å². The minimum atomic E-state index is -0.852. The Morgan fingerprint density at radius 2 is 0.562 bits per heavy atom. The SMILES string of the molecule is CC/C=C\C/C=C\C/C=C\C/C=C\C/C=C\CCCCCC(=O)OC[C@H](COC(=O)CCCCCC/C=C\C/C=C\C/C=C\C/C=C\CC)OC(=O)CC/C=C\C/C=C\C/C=C\C/C=C\C/C=C\CCCCC. The van der Waals surface area contributed by atoms with Crippen LogP contribution in [0.4, 0.5) is 0 Å². The molecular formula is C67H102O6. The minimum absolute atomic E-state index is 0.140. The number of ether oxygens (including phenoxy) is 3. The van der Waals surface area contributed by atoms with Gasteiger partial charge in [0.05, 0.1) is 0 Å². The molecule has 0 aliphatic carbocycles. The first-order chi connectivity index (χ1) is 36.0. The van der Waals surface area contributed by atoms with Crippen LogP contribution in [0.5, 0.6) is 0 Å². The van der Waals surface area contributed by atoms with Crippen LogP contribution in [0.2, 0.25) is 0 Å². The van der Waals surface area contributed by atoms with Crippen LogP contribution in [-0.4, -0.2) is 37.2 Å². The second-order valence-electron chi connectivity index (χ2n) is 18.1. The summed E-state index contributed by atoms with van der Waals surface area (Å²) in [5.41, 5.74) is 0. The highest BCUT2D eigenvalue weighted by molar-refractivity contribution is 5.71. The third kappa shape index (κ3) is 57.5. The predicted molar refractivity (Wildman–Crippen MR) is 315 cm³/mol. The highest BCUT2D eigenvalue weighted by Crippen LogP contribution is 2.11. The lowest BCUT2D eigenvalue weighted by atomic mass is 10.1. The Kier molecular flexibility index (Phi) is 55.1. The van der Waals surface area contributed by atoms with E-state index in [4.69, 9.17) is 14.2 Å². The number of rotatable bonds is 49. The molecule has 6 nitrogen and oxygen atoms in total. The van der Waals surface area contributed by atoms with Gasteiger partial charge in [-0.15, -0.1) is 0 Å². The Morgan fingerprint density at radius 3 is 0.890 bits per heavy atom. The Balaban J connectivity index is 4.65. The van der Waals surface area contributed by atoms with Crippen molar-refractivity contribution in [3.63, 3.8) is 0 Å². The molecule has 0 heterocycles. The van der Waals surface area contributed by atoms with Crippen molar-refractivity contribution in [2.24, 2.45) is 0 Å². The molecule has 0 unspecified atom stereocenters. The molecule has 0 N–H and O–H groups in total. The number of carbonyl (C=O) groups excluding carboxylic acids is 3. The fraction of sp³-hybridized carbons (Fsp3) is 0.537. The van der Waals surface area contributed by atoms with E-state index in [9.17, 15) is 14.4 Å². The Hall–Kier alpha value is -5.23. The maximum absolute atomic E-state index is 12.8. The van der Waals surface area contributed by atoms with Gasteiger partial charge in [0.15, 0.2) is 6.10 Å². The molecule has 0 saturated heterocycles. The molecule has 0 radical (unpaired) electrons. The van der Waals surface area contributed by atoms with Gasteiger partial charge >= 0.3 is 17.9 Å². The lowest BCUT2D eigenvalue weighted by Gasteiger charge is -2.18. The summed E-state index contributed by atoms with van der Waals surface area (Å²) in [5, 5.41) is 0. The molecule has 0 aliphatic heterocycles. The quantitative estimate of drug-likeness (QED) is 0.0261. The summed E-state index contributed by atoms with van der Waals surface area (Å²) >= 11 is 0. The molecule has 0 rings (SSSR count). The van der Waals surface area contributed by atoms with Crippen molar-refractivity contribution in [1.29, 1.82) is 0 Å². The Morgan fingerprint density at radius 1 is 0.288 bits per heavy atom. The van der Waals surface area contributed by atoms with E-state index >= 15 is 0 Å². The van der Waals surface area contributed by atoms with Crippen molar-refractivity contribution in [1.82, 2.24) is 0 Å². The molecule has 0 saturated carbocycles. The molecule has 0 aromatic carbocycles. The molecule has 0 amide bonds. The van der Waals surface area contributed by atoms with Crippen molar-refractivity contribution in [2.75, 3.05) is 13.2 Å². The smallest absolute Gasteiger partial charge is 0.306 e. The highest BCUT2D eigenvalue weighted by atomic mass is 16.6.